The minimum atomic E-state index is -0.189. The average molecular weight is 300 g/mol. The number of hydrogen-bond donors (Lipinski definition) is 0. The molecule has 1 aromatic carbocycles. The van der Waals surface area contributed by atoms with Gasteiger partial charge in [0, 0.05) is 25.6 Å². The van der Waals surface area contributed by atoms with Crippen LogP contribution in [0.15, 0.2) is 36.9 Å². The van der Waals surface area contributed by atoms with Crippen molar-refractivity contribution in [2.45, 2.75) is 26.2 Å². The molecular weight excluding hydrogens is 276 g/mol. The zero-order chi connectivity index (χ0) is 16.1. The van der Waals surface area contributed by atoms with Crippen LogP contribution in [0.1, 0.15) is 30.4 Å². The quantitative estimate of drug-likeness (QED) is 0.783. The first-order chi connectivity index (χ1) is 10.6. The summed E-state index contributed by atoms with van der Waals surface area (Å²) in [6.07, 6.45) is 2.25. The van der Waals surface area contributed by atoms with Crippen LogP contribution < -0.4 is 0 Å². The number of amides is 2. The molecule has 0 radical (unpaired) electrons. The molecule has 0 N–H and O–H groups in total. The van der Waals surface area contributed by atoms with Crippen LogP contribution in [0.5, 0.6) is 0 Å². The topological polar surface area (TPSA) is 40.6 Å². The van der Waals surface area contributed by atoms with Gasteiger partial charge in [0.2, 0.25) is 11.8 Å². The van der Waals surface area contributed by atoms with Crippen LogP contribution in [0.25, 0.3) is 0 Å². The first-order valence-corrected chi connectivity index (χ1v) is 7.81. The molecule has 0 aliphatic carbocycles. The van der Waals surface area contributed by atoms with E-state index in [1.54, 1.807) is 0 Å². The average Bonchev–Trinajstić information content (AvgIpc) is 3.02. The van der Waals surface area contributed by atoms with Crippen LogP contribution in [0.3, 0.4) is 0 Å². The lowest BCUT2D eigenvalue weighted by Gasteiger charge is -2.23. The third kappa shape index (κ3) is 3.56. The fourth-order valence-electron chi connectivity index (χ4n) is 3.02. The number of rotatable bonds is 5. The lowest BCUT2D eigenvalue weighted by Crippen LogP contribution is -2.41. The molecule has 2 amide bonds. The SMILES string of the molecule is C=CC(=O)N(CC)CC(=O)N1CCC(c2ccccc2C)C1. The van der Waals surface area contributed by atoms with E-state index in [2.05, 4.69) is 25.6 Å². The summed E-state index contributed by atoms with van der Waals surface area (Å²) in [5.41, 5.74) is 2.60. The van der Waals surface area contributed by atoms with Gasteiger partial charge in [-0.2, -0.15) is 0 Å². The smallest absolute Gasteiger partial charge is 0.246 e. The van der Waals surface area contributed by atoms with Gasteiger partial charge in [-0.3, -0.25) is 9.59 Å². The molecule has 0 spiro atoms. The van der Waals surface area contributed by atoms with Gasteiger partial charge in [-0.15, -0.1) is 0 Å². The highest BCUT2D eigenvalue weighted by Crippen LogP contribution is 2.29. The summed E-state index contributed by atoms with van der Waals surface area (Å²) in [5, 5.41) is 0. The number of hydrogen-bond acceptors (Lipinski definition) is 2. The van der Waals surface area contributed by atoms with Crippen LogP contribution in [-0.2, 0) is 9.59 Å². The van der Waals surface area contributed by atoms with Gasteiger partial charge in [-0.05, 0) is 37.5 Å². The second kappa shape index (κ2) is 7.25. The van der Waals surface area contributed by atoms with Crippen LogP contribution >= 0.6 is 0 Å². The first-order valence-electron chi connectivity index (χ1n) is 7.81. The molecule has 4 heteroatoms. The third-order valence-corrected chi connectivity index (χ3v) is 4.36. The van der Waals surface area contributed by atoms with Crippen molar-refractivity contribution < 1.29 is 9.59 Å². The Hall–Kier alpha value is -2.10. The molecule has 1 atom stereocenters. The van der Waals surface area contributed by atoms with E-state index in [9.17, 15) is 9.59 Å². The highest BCUT2D eigenvalue weighted by Gasteiger charge is 2.29. The number of benzene rings is 1. The van der Waals surface area contributed by atoms with E-state index in [0.29, 0.717) is 12.5 Å². The van der Waals surface area contributed by atoms with E-state index in [1.165, 1.54) is 22.1 Å². The van der Waals surface area contributed by atoms with Crippen molar-refractivity contribution in [3.63, 3.8) is 0 Å². The summed E-state index contributed by atoms with van der Waals surface area (Å²) in [5.74, 6) is 0.231. The molecule has 1 aliphatic heterocycles. The van der Waals surface area contributed by atoms with Crippen molar-refractivity contribution in [3.05, 3.63) is 48.0 Å². The Kier molecular flexibility index (Phi) is 5.36. The molecule has 1 saturated heterocycles. The van der Waals surface area contributed by atoms with Crippen molar-refractivity contribution in [1.82, 2.24) is 9.80 Å². The lowest BCUT2D eigenvalue weighted by atomic mass is 9.94. The molecule has 1 unspecified atom stereocenters. The molecule has 1 heterocycles. The molecule has 1 aromatic rings. The van der Waals surface area contributed by atoms with Crippen molar-refractivity contribution in [2.24, 2.45) is 0 Å². The molecule has 1 fully saturated rings. The Morgan fingerprint density at radius 2 is 2.14 bits per heavy atom. The van der Waals surface area contributed by atoms with Crippen molar-refractivity contribution in [3.8, 4) is 0 Å². The fraction of sp³-hybridized carbons (Fsp3) is 0.444. The van der Waals surface area contributed by atoms with Gasteiger partial charge in [0.25, 0.3) is 0 Å². The van der Waals surface area contributed by atoms with Crippen LogP contribution in [0.4, 0.5) is 0 Å². The molecule has 4 nitrogen and oxygen atoms in total. The minimum Gasteiger partial charge on any atom is -0.341 e. The number of carbonyl (C=O) groups excluding carboxylic acids is 2. The van der Waals surface area contributed by atoms with Crippen molar-refractivity contribution >= 4 is 11.8 Å². The van der Waals surface area contributed by atoms with Crippen molar-refractivity contribution in [2.75, 3.05) is 26.2 Å². The number of carbonyl (C=O) groups is 2. The summed E-state index contributed by atoms with van der Waals surface area (Å²) in [4.78, 5) is 27.5. The largest absolute Gasteiger partial charge is 0.341 e. The zero-order valence-corrected chi connectivity index (χ0v) is 13.4. The Morgan fingerprint density at radius 1 is 1.41 bits per heavy atom. The fourth-order valence-corrected chi connectivity index (χ4v) is 3.02. The molecule has 2 rings (SSSR count). The van der Waals surface area contributed by atoms with Gasteiger partial charge < -0.3 is 9.80 Å². The van der Waals surface area contributed by atoms with Gasteiger partial charge >= 0.3 is 0 Å². The van der Waals surface area contributed by atoms with E-state index in [1.807, 2.05) is 24.0 Å². The highest BCUT2D eigenvalue weighted by molar-refractivity contribution is 5.91. The van der Waals surface area contributed by atoms with E-state index in [0.717, 1.165) is 19.5 Å². The first kappa shape index (κ1) is 16.3. The van der Waals surface area contributed by atoms with E-state index in [4.69, 9.17) is 0 Å². The Morgan fingerprint density at radius 3 is 2.77 bits per heavy atom. The maximum atomic E-state index is 12.4. The van der Waals surface area contributed by atoms with E-state index >= 15 is 0 Å². The maximum absolute atomic E-state index is 12.4. The maximum Gasteiger partial charge on any atom is 0.246 e. The normalized spacial score (nSPS) is 17.4. The Labute approximate surface area is 132 Å². The zero-order valence-electron chi connectivity index (χ0n) is 13.4. The molecule has 1 aliphatic rings. The van der Waals surface area contributed by atoms with E-state index in [-0.39, 0.29) is 18.4 Å². The Bertz CT molecular complexity index is 568. The second-order valence-corrected chi connectivity index (χ2v) is 5.74. The number of aryl methyl sites for hydroxylation is 1. The van der Waals surface area contributed by atoms with Gasteiger partial charge in [0.15, 0.2) is 0 Å². The summed E-state index contributed by atoms with van der Waals surface area (Å²) < 4.78 is 0. The molecule has 0 saturated carbocycles. The number of likely N-dealkylation sites (N-methyl/N-ethyl adjacent to an activating group) is 1. The molecule has 0 bridgehead atoms. The monoisotopic (exact) mass is 300 g/mol. The third-order valence-electron chi connectivity index (χ3n) is 4.36. The van der Waals surface area contributed by atoms with Crippen LogP contribution in [0, 0.1) is 6.92 Å². The van der Waals surface area contributed by atoms with Gasteiger partial charge in [-0.1, -0.05) is 30.8 Å². The number of likely N-dealkylation sites (tertiary alicyclic amines) is 1. The second-order valence-electron chi connectivity index (χ2n) is 5.74. The van der Waals surface area contributed by atoms with Crippen LogP contribution in [-0.4, -0.2) is 47.8 Å². The standard InChI is InChI=1S/C18H24N2O2/c1-4-17(21)19(5-2)13-18(22)20-11-10-15(12-20)16-9-7-6-8-14(16)3/h4,6-9,15H,1,5,10-13H2,2-3H3. The molecule has 118 valence electrons. The minimum absolute atomic E-state index is 0.0214. The molecular formula is C18H24N2O2. The molecule has 0 aromatic heterocycles. The summed E-state index contributed by atoms with van der Waals surface area (Å²) >= 11 is 0. The Balaban J connectivity index is 1.98. The van der Waals surface area contributed by atoms with Crippen molar-refractivity contribution in [1.29, 1.82) is 0 Å². The summed E-state index contributed by atoms with van der Waals surface area (Å²) in [6.45, 7) is 9.62. The summed E-state index contributed by atoms with van der Waals surface area (Å²) in [6, 6.07) is 8.35. The predicted molar refractivity (Wildman–Crippen MR) is 87.6 cm³/mol. The van der Waals surface area contributed by atoms with E-state index < -0.39 is 0 Å². The van der Waals surface area contributed by atoms with Crippen LogP contribution in [0.2, 0.25) is 0 Å². The predicted octanol–water partition coefficient (Wildman–Crippen LogP) is 2.35. The van der Waals surface area contributed by atoms with Gasteiger partial charge in [0.05, 0.1) is 6.54 Å². The van der Waals surface area contributed by atoms with Gasteiger partial charge in [-0.25, -0.2) is 0 Å². The van der Waals surface area contributed by atoms with Gasteiger partial charge in [0.1, 0.15) is 0 Å². The number of nitrogens with zero attached hydrogens (tertiary/aromatic N) is 2. The lowest BCUT2D eigenvalue weighted by molar-refractivity contribution is -0.137. The highest BCUT2D eigenvalue weighted by atomic mass is 16.2. The summed E-state index contributed by atoms with van der Waals surface area (Å²) in [7, 11) is 0. The molecule has 22 heavy (non-hydrogen) atoms.